The molecule has 9 heteroatoms. The van der Waals surface area contributed by atoms with E-state index in [0.717, 1.165) is 38.0 Å². The van der Waals surface area contributed by atoms with Gasteiger partial charge in [-0.15, -0.1) is 0 Å². The zero-order chi connectivity index (χ0) is 25.9. The number of hydrogen-bond donors (Lipinski definition) is 0. The van der Waals surface area contributed by atoms with Gasteiger partial charge in [0.1, 0.15) is 11.5 Å². The third-order valence-corrected chi connectivity index (χ3v) is 7.03. The van der Waals surface area contributed by atoms with Crippen molar-refractivity contribution in [2.75, 3.05) is 0 Å². The molecule has 0 radical (unpaired) electrons. The summed E-state index contributed by atoms with van der Waals surface area (Å²) in [5, 5.41) is 9.65. The van der Waals surface area contributed by atoms with Gasteiger partial charge in [0.05, 0.1) is 17.0 Å². The number of aromatic nitrogens is 5. The zero-order valence-electron chi connectivity index (χ0n) is 19.8. The van der Waals surface area contributed by atoms with Gasteiger partial charge in [-0.1, -0.05) is 58.9 Å². The monoisotopic (exact) mass is 539 g/mol. The molecule has 0 fully saturated rings. The first kappa shape index (κ1) is 24.1. The van der Waals surface area contributed by atoms with E-state index in [1.165, 1.54) is 12.1 Å². The predicted octanol–water partition coefficient (Wildman–Crippen LogP) is 7.52. The van der Waals surface area contributed by atoms with E-state index < -0.39 is 0 Å². The number of hydrogen-bond acceptors (Lipinski definition) is 6. The second kappa shape index (κ2) is 10.6. The first-order valence-electron chi connectivity index (χ1n) is 11.7. The molecule has 0 spiro atoms. The highest BCUT2D eigenvalue weighted by molar-refractivity contribution is 7.99. The average Bonchev–Trinajstić information content (AvgIpc) is 3.59. The Kier molecular flexibility index (Phi) is 6.73. The van der Waals surface area contributed by atoms with Gasteiger partial charge in [0.25, 0.3) is 0 Å². The zero-order valence-corrected chi connectivity index (χ0v) is 21.4. The summed E-state index contributed by atoms with van der Waals surface area (Å²) in [7, 11) is 0. The van der Waals surface area contributed by atoms with E-state index in [1.54, 1.807) is 34.8 Å². The van der Waals surface area contributed by atoms with Gasteiger partial charge in [-0.05, 0) is 60.7 Å². The fourth-order valence-corrected chi connectivity index (χ4v) is 4.93. The van der Waals surface area contributed by atoms with Crippen molar-refractivity contribution in [3.8, 4) is 28.3 Å². The number of pyridine rings is 1. The van der Waals surface area contributed by atoms with E-state index in [0.29, 0.717) is 23.2 Å². The Morgan fingerprint density at radius 2 is 1.63 bits per heavy atom. The van der Waals surface area contributed by atoms with Crippen molar-refractivity contribution >= 4 is 23.4 Å². The molecule has 38 heavy (non-hydrogen) atoms. The molecule has 0 N–H and O–H groups in total. The van der Waals surface area contributed by atoms with E-state index in [4.69, 9.17) is 21.2 Å². The van der Waals surface area contributed by atoms with Crippen LogP contribution in [0.15, 0.2) is 118 Å². The molecular formula is C29H19ClFN5OS. The van der Waals surface area contributed by atoms with Crippen molar-refractivity contribution in [2.24, 2.45) is 0 Å². The summed E-state index contributed by atoms with van der Waals surface area (Å²) in [5.41, 5.74) is 4.17. The lowest BCUT2D eigenvalue weighted by atomic mass is 10.1. The van der Waals surface area contributed by atoms with Crippen LogP contribution in [0.2, 0.25) is 5.02 Å². The van der Waals surface area contributed by atoms with Crippen molar-refractivity contribution in [3.63, 3.8) is 0 Å². The molecule has 3 aromatic carbocycles. The summed E-state index contributed by atoms with van der Waals surface area (Å²) in [4.78, 5) is 10.8. The van der Waals surface area contributed by atoms with Crippen LogP contribution in [0.1, 0.15) is 11.6 Å². The summed E-state index contributed by atoms with van der Waals surface area (Å²) in [6.45, 7) is 0. The topological polar surface area (TPSA) is 69.6 Å². The molecule has 6 aromatic rings. The Labute approximate surface area is 227 Å². The fourth-order valence-electron chi connectivity index (χ4n) is 3.87. The normalized spacial score (nSPS) is 11.1. The molecule has 3 heterocycles. The minimum absolute atomic E-state index is 0.294. The smallest absolute Gasteiger partial charge is 0.232 e. The Bertz CT molecular complexity index is 1670. The Morgan fingerprint density at radius 1 is 0.868 bits per heavy atom. The van der Waals surface area contributed by atoms with E-state index in [1.807, 2.05) is 72.9 Å². The van der Waals surface area contributed by atoms with Gasteiger partial charge in [-0.25, -0.2) is 9.07 Å². The van der Waals surface area contributed by atoms with Crippen molar-refractivity contribution < 1.29 is 8.91 Å². The van der Waals surface area contributed by atoms with Crippen LogP contribution in [-0.4, -0.2) is 24.9 Å². The van der Waals surface area contributed by atoms with Crippen LogP contribution in [0.3, 0.4) is 0 Å². The molecule has 6 rings (SSSR count). The quantitative estimate of drug-likeness (QED) is 0.209. The molecule has 0 atom stereocenters. The summed E-state index contributed by atoms with van der Waals surface area (Å²) in [6.07, 6.45) is 4.15. The Hall–Kier alpha value is -4.27. The number of nitrogens with zero attached hydrogens (tertiary/aromatic N) is 5. The third kappa shape index (κ3) is 5.37. The van der Waals surface area contributed by atoms with Gasteiger partial charge in [-0.2, -0.15) is 10.1 Å². The molecule has 0 bridgehead atoms. The van der Waals surface area contributed by atoms with Crippen molar-refractivity contribution in [1.82, 2.24) is 24.9 Å². The second-order valence-electron chi connectivity index (χ2n) is 8.41. The maximum Gasteiger partial charge on any atom is 0.232 e. The Balaban J connectivity index is 1.30. The van der Waals surface area contributed by atoms with Gasteiger partial charge in [0, 0.05) is 39.1 Å². The van der Waals surface area contributed by atoms with E-state index in [9.17, 15) is 4.39 Å². The molecule has 6 nitrogen and oxygen atoms in total. The molecule has 186 valence electrons. The van der Waals surface area contributed by atoms with E-state index >= 15 is 0 Å². The van der Waals surface area contributed by atoms with E-state index in [2.05, 4.69) is 15.1 Å². The molecule has 0 saturated heterocycles. The largest absolute Gasteiger partial charge is 0.339 e. The first-order valence-corrected chi connectivity index (χ1v) is 12.9. The molecule has 0 amide bonds. The SMILES string of the molecule is Fc1ccc(-n2cc(Sc3ccc(Cl)cc3)c(-c3ccc(-c4noc(Cc5ccccn5)n4)cc3)n2)cc1. The number of rotatable bonds is 7. The molecule has 3 aromatic heterocycles. The van der Waals surface area contributed by atoms with Gasteiger partial charge in [0.15, 0.2) is 0 Å². The molecule has 0 unspecified atom stereocenters. The van der Waals surface area contributed by atoms with Crippen LogP contribution < -0.4 is 0 Å². The summed E-state index contributed by atoms with van der Waals surface area (Å²) < 4.78 is 20.7. The highest BCUT2D eigenvalue weighted by Crippen LogP contribution is 2.37. The van der Waals surface area contributed by atoms with Gasteiger partial charge < -0.3 is 4.52 Å². The van der Waals surface area contributed by atoms with Crippen molar-refractivity contribution in [3.05, 3.63) is 126 Å². The van der Waals surface area contributed by atoms with Crippen LogP contribution in [0.5, 0.6) is 0 Å². The van der Waals surface area contributed by atoms with Crippen LogP contribution in [0, 0.1) is 5.82 Å². The highest BCUT2D eigenvalue weighted by Gasteiger charge is 2.16. The first-order chi connectivity index (χ1) is 18.6. The molecule has 0 aliphatic rings. The number of benzene rings is 3. The average molecular weight is 540 g/mol. The standard InChI is InChI=1S/C29H19ClFN5OS/c30-21-8-14-25(15-9-21)38-26-18-36(24-12-10-22(31)11-13-24)34-28(26)19-4-6-20(7-5-19)29-33-27(37-35-29)17-23-3-1-2-16-32-23/h1-16,18H,17H2. The maximum atomic E-state index is 13.5. The Morgan fingerprint density at radius 3 is 2.37 bits per heavy atom. The number of halogens is 2. The van der Waals surface area contributed by atoms with Crippen LogP contribution in [-0.2, 0) is 6.42 Å². The lowest BCUT2D eigenvalue weighted by Crippen LogP contribution is -1.94. The second-order valence-corrected chi connectivity index (χ2v) is 9.96. The molecule has 0 aliphatic carbocycles. The van der Waals surface area contributed by atoms with E-state index in [-0.39, 0.29) is 5.82 Å². The van der Waals surface area contributed by atoms with Gasteiger partial charge >= 0.3 is 0 Å². The van der Waals surface area contributed by atoms with Crippen molar-refractivity contribution in [1.29, 1.82) is 0 Å². The molecule has 0 saturated carbocycles. The van der Waals surface area contributed by atoms with Gasteiger partial charge in [0.2, 0.25) is 11.7 Å². The summed E-state index contributed by atoms with van der Waals surface area (Å²) in [5.74, 6) is 0.717. The fraction of sp³-hybridized carbons (Fsp3) is 0.0345. The predicted molar refractivity (Wildman–Crippen MR) is 145 cm³/mol. The lowest BCUT2D eigenvalue weighted by Gasteiger charge is -2.04. The summed E-state index contributed by atoms with van der Waals surface area (Å²) >= 11 is 7.65. The molecular weight excluding hydrogens is 521 g/mol. The van der Waals surface area contributed by atoms with Crippen molar-refractivity contribution in [2.45, 2.75) is 16.2 Å². The minimum Gasteiger partial charge on any atom is -0.339 e. The van der Waals surface area contributed by atoms with Crippen LogP contribution >= 0.6 is 23.4 Å². The third-order valence-electron chi connectivity index (χ3n) is 5.76. The summed E-state index contributed by atoms with van der Waals surface area (Å²) in [6, 6.07) is 27.4. The van der Waals surface area contributed by atoms with Crippen LogP contribution in [0.4, 0.5) is 4.39 Å². The maximum absolute atomic E-state index is 13.5. The highest BCUT2D eigenvalue weighted by atomic mass is 35.5. The van der Waals surface area contributed by atoms with Crippen LogP contribution in [0.25, 0.3) is 28.3 Å². The van der Waals surface area contributed by atoms with Gasteiger partial charge in [-0.3, -0.25) is 4.98 Å². The minimum atomic E-state index is -0.294. The lowest BCUT2D eigenvalue weighted by molar-refractivity contribution is 0.385. The molecule has 0 aliphatic heterocycles.